The maximum absolute atomic E-state index is 12.3. The lowest BCUT2D eigenvalue weighted by Crippen LogP contribution is -2.41. The molecule has 0 atom stereocenters. The van der Waals surface area contributed by atoms with Gasteiger partial charge >= 0.3 is 0 Å². The molecule has 2 N–H and O–H groups in total. The van der Waals surface area contributed by atoms with Gasteiger partial charge in [-0.25, -0.2) is 0 Å². The molecule has 2 amide bonds. The number of nitrogens with zero attached hydrogens (tertiary/aromatic N) is 1. The predicted molar refractivity (Wildman–Crippen MR) is 90.7 cm³/mol. The van der Waals surface area contributed by atoms with E-state index >= 15 is 0 Å². The molecule has 1 aromatic heterocycles. The van der Waals surface area contributed by atoms with Crippen LogP contribution in [0, 0.1) is 13.8 Å². The number of aryl methyl sites for hydroxylation is 1. The fourth-order valence-electron chi connectivity index (χ4n) is 2.66. The molecule has 2 aromatic rings. The topological polar surface area (TPSA) is 63.1 Å². The zero-order valence-electron chi connectivity index (χ0n) is 13.6. The number of hydrazine groups is 1. The summed E-state index contributed by atoms with van der Waals surface area (Å²) >= 11 is 5.78. The van der Waals surface area contributed by atoms with Gasteiger partial charge in [0.25, 0.3) is 11.8 Å². The van der Waals surface area contributed by atoms with Gasteiger partial charge in [0.15, 0.2) is 0 Å². The number of aromatic nitrogens is 1. The van der Waals surface area contributed by atoms with Crippen molar-refractivity contribution in [3.63, 3.8) is 0 Å². The molecular weight excluding hydrogens is 314 g/mol. The molecule has 0 fully saturated rings. The van der Waals surface area contributed by atoms with Crippen LogP contribution in [0.5, 0.6) is 0 Å². The second kappa shape index (κ2) is 6.87. The first-order chi connectivity index (χ1) is 10.8. The zero-order chi connectivity index (χ0) is 17.1. The molecule has 0 spiro atoms. The fraction of sp³-hybridized carbons (Fsp3) is 0.294. The first-order valence-corrected chi connectivity index (χ1v) is 7.73. The van der Waals surface area contributed by atoms with Crippen molar-refractivity contribution in [2.75, 3.05) is 0 Å². The molecule has 5 nitrogen and oxygen atoms in total. The summed E-state index contributed by atoms with van der Waals surface area (Å²) in [5, 5.41) is 0.548. The monoisotopic (exact) mass is 333 g/mol. The number of hydrogen-bond acceptors (Lipinski definition) is 2. The minimum Gasteiger partial charge on any atom is -0.346 e. The Balaban J connectivity index is 2.07. The van der Waals surface area contributed by atoms with E-state index in [-0.39, 0.29) is 11.9 Å². The highest BCUT2D eigenvalue weighted by atomic mass is 35.5. The van der Waals surface area contributed by atoms with Crippen molar-refractivity contribution in [2.45, 2.75) is 33.7 Å². The van der Waals surface area contributed by atoms with E-state index in [1.165, 1.54) is 0 Å². The molecule has 0 bridgehead atoms. The Morgan fingerprint density at radius 1 is 1.04 bits per heavy atom. The SMILES string of the molecule is Cc1cc(C(=O)NNC(=O)c2ccc(Cl)cc2)c(C)n1C(C)C. The van der Waals surface area contributed by atoms with Gasteiger partial charge in [0.2, 0.25) is 0 Å². The van der Waals surface area contributed by atoms with Gasteiger partial charge in [0.1, 0.15) is 0 Å². The summed E-state index contributed by atoms with van der Waals surface area (Å²) in [5.74, 6) is -0.736. The second-order valence-electron chi connectivity index (χ2n) is 5.66. The third-order valence-electron chi connectivity index (χ3n) is 3.64. The summed E-state index contributed by atoms with van der Waals surface area (Å²) in [5.41, 5.74) is 7.70. The number of rotatable bonds is 3. The Kier molecular flexibility index (Phi) is 5.11. The number of nitrogens with one attached hydrogen (secondary N) is 2. The van der Waals surface area contributed by atoms with Crippen LogP contribution in [-0.4, -0.2) is 16.4 Å². The standard InChI is InChI=1S/C17H20ClN3O2/c1-10(2)21-11(3)9-15(12(21)4)17(23)20-19-16(22)13-5-7-14(18)8-6-13/h5-10H,1-4H3,(H,19,22)(H,20,23). The summed E-state index contributed by atoms with van der Waals surface area (Å²) in [7, 11) is 0. The summed E-state index contributed by atoms with van der Waals surface area (Å²) in [6.45, 7) is 7.97. The van der Waals surface area contributed by atoms with E-state index in [1.807, 2.05) is 19.9 Å². The molecule has 0 aliphatic heterocycles. The average Bonchev–Trinajstić information content (AvgIpc) is 2.80. The summed E-state index contributed by atoms with van der Waals surface area (Å²) in [6, 6.07) is 8.51. The number of amides is 2. The fourth-order valence-corrected chi connectivity index (χ4v) is 2.78. The van der Waals surface area contributed by atoms with Crippen LogP contribution in [0.4, 0.5) is 0 Å². The number of halogens is 1. The molecule has 122 valence electrons. The van der Waals surface area contributed by atoms with Crippen molar-refractivity contribution in [3.05, 3.63) is 57.9 Å². The lowest BCUT2D eigenvalue weighted by molar-refractivity contribution is 0.0846. The third-order valence-corrected chi connectivity index (χ3v) is 3.89. The number of benzene rings is 1. The molecule has 0 radical (unpaired) electrons. The Hall–Kier alpha value is -2.27. The average molecular weight is 334 g/mol. The Morgan fingerprint density at radius 3 is 2.13 bits per heavy atom. The lowest BCUT2D eigenvalue weighted by Gasteiger charge is -2.13. The number of carbonyl (C=O) groups is 2. The molecular formula is C17H20ClN3O2. The molecule has 1 heterocycles. The van der Waals surface area contributed by atoms with Crippen LogP contribution in [0.15, 0.2) is 30.3 Å². The van der Waals surface area contributed by atoms with E-state index in [0.29, 0.717) is 16.1 Å². The third kappa shape index (κ3) is 3.74. The van der Waals surface area contributed by atoms with E-state index < -0.39 is 5.91 Å². The van der Waals surface area contributed by atoms with Gasteiger partial charge in [-0.05, 0) is 58.0 Å². The molecule has 0 saturated heterocycles. The quantitative estimate of drug-likeness (QED) is 0.845. The van der Waals surface area contributed by atoms with Crippen LogP contribution < -0.4 is 10.9 Å². The second-order valence-corrected chi connectivity index (χ2v) is 6.10. The molecule has 0 aliphatic rings. The molecule has 2 rings (SSSR count). The Bertz CT molecular complexity index is 733. The van der Waals surface area contributed by atoms with Crippen molar-refractivity contribution < 1.29 is 9.59 Å². The van der Waals surface area contributed by atoms with Crippen molar-refractivity contribution in [3.8, 4) is 0 Å². The van der Waals surface area contributed by atoms with Gasteiger partial charge in [0, 0.05) is 28.0 Å². The Morgan fingerprint density at radius 2 is 1.61 bits per heavy atom. The number of carbonyl (C=O) groups excluding carboxylic acids is 2. The van der Waals surface area contributed by atoms with E-state index in [0.717, 1.165) is 11.4 Å². The first kappa shape index (κ1) is 17.1. The van der Waals surface area contributed by atoms with Gasteiger partial charge in [-0.3, -0.25) is 20.4 Å². The molecule has 1 aromatic carbocycles. The summed E-state index contributed by atoms with van der Waals surface area (Å²) in [4.78, 5) is 24.3. The molecule has 23 heavy (non-hydrogen) atoms. The molecule has 6 heteroatoms. The number of hydrogen-bond donors (Lipinski definition) is 2. The predicted octanol–water partition coefficient (Wildman–Crippen LogP) is 3.41. The van der Waals surface area contributed by atoms with Crippen LogP contribution in [0.3, 0.4) is 0 Å². The summed E-state index contributed by atoms with van der Waals surface area (Å²) < 4.78 is 2.08. The van der Waals surface area contributed by atoms with Crippen molar-refractivity contribution in [2.24, 2.45) is 0 Å². The van der Waals surface area contributed by atoms with Crippen molar-refractivity contribution in [1.29, 1.82) is 0 Å². The normalized spacial score (nSPS) is 10.7. The van der Waals surface area contributed by atoms with Crippen LogP contribution in [0.2, 0.25) is 5.02 Å². The van der Waals surface area contributed by atoms with Crippen LogP contribution >= 0.6 is 11.6 Å². The van der Waals surface area contributed by atoms with Gasteiger partial charge in [0.05, 0.1) is 5.56 Å². The molecule has 0 saturated carbocycles. The first-order valence-electron chi connectivity index (χ1n) is 7.36. The van der Waals surface area contributed by atoms with Gasteiger partial charge in [-0.2, -0.15) is 0 Å². The largest absolute Gasteiger partial charge is 0.346 e. The molecule has 0 unspecified atom stereocenters. The highest BCUT2D eigenvalue weighted by Gasteiger charge is 2.17. The van der Waals surface area contributed by atoms with E-state index in [2.05, 4.69) is 29.3 Å². The van der Waals surface area contributed by atoms with Crippen LogP contribution in [0.25, 0.3) is 0 Å². The minimum absolute atomic E-state index is 0.264. The van der Waals surface area contributed by atoms with E-state index in [4.69, 9.17) is 11.6 Å². The highest BCUT2D eigenvalue weighted by Crippen LogP contribution is 2.19. The lowest BCUT2D eigenvalue weighted by atomic mass is 10.2. The van der Waals surface area contributed by atoms with Crippen molar-refractivity contribution in [1.82, 2.24) is 15.4 Å². The van der Waals surface area contributed by atoms with Gasteiger partial charge in [-0.15, -0.1) is 0 Å². The Labute approximate surface area is 140 Å². The molecule has 0 aliphatic carbocycles. The maximum Gasteiger partial charge on any atom is 0.271 e. The highest BCUT2D eigenvalue weighted by molar-refractivity contribution is 6.30. The maximum atomic E-state index is 12.3. The van der Waals surface area contributed by atoms with E-state index in [1.54, 1.807) is 24.3 Å². The summed E-state index contributed by atoms with van der Waals surface area (Å²) in [6.07, 6.45) is 0. The minimum atomic E-state index is -0.396. The van der Waals surface area contributed by atoms with Crippen LogP contribution in [-0.2, 0) is 0 Å². The smallest absolute Gasteiger partial charge is 0.271 e. The zero-order valence-corrected chi connectivity index (χ0v) is 14.4. The van der Waals surface area contributed by atoms with Crippen LogP contribution in [0.1, 0.15) is 52.0 Å². The van der Waals surface area contributed by atoms with Gasteiger partial charge in [-0.1, -0.05) is 11.6 Å². The van der Waals surface area contributed by atoms with E-state index in [9.17, 15) is 9.59 Å². The van der Waals surface area contributed by atoms with Gasteiger partial charge < -0.3 is 4.57 Å². The van der Waals surface area contributed by atoms with Crippen molar-refractivity contribution >= 4 is 23.4 Å².